The molecule has 0 spiro atoms. The number of rotatable bonds is 2. The van der Waals surface area contributed by atoms with E-state index in [1.165, 1.54) is 0 Å². The van der Waals surface area contributed by atoms with Crippen molar-refractivity contribution in [3.63, 3.8) is 0 Å². The summed E-state index contributed by atoms with van der Waals surface area (Å²) in [5.41, 5.74) is 3.12. The second-order valence-corrected chi connectivity index (χ2v) is 11.4. The molecule has 45 heavy (non-hydrogen) atoms. The lowest BCUT2D eigenvalue weighted by Gasteiger charge is -2.19. The predicted molar refractivity (Wildman–Crippen MR) is 192 cm³/mol. The van der Waals surface area contributed by atoms with Crippen molar-refractivity contribution < 1.29 is 15.4 Å². The van der Waals surface area contributed by atoms with E-state index in [-0.39, 0.29) is 45.7 Å². The highest BCUT2D eigenvalue weighted by Gasteiger charge is 2.20. The Bertz CT molecular complexity index is 3190. The van der Waals surface area contributed by atoms with Crippen molar-refractivity contribution in [3.8, 4) is 22.3 Å². The van der Waals surface area contributed by atoms with Crippen LogP contribution in [0.4, 0.5) is 0 Å². The van der Waals surface area contributed by atoms with Crippen LogP contribution in [0, 0.1) is 0 Å². The van der Waals surface area contributed by atoms with Crippen LogP contribution in [0.3, 0.4) is 0 Å². The minimum absolute atomic E-state index is 0.179. The van der Waals surface area contributed by atoms with Crippen LogP contribution in [-0.4, -0.2) is 0 Å². The molecule has 1 aromatic heterocycles. The molecule has 0 N–H and O–H groups in total. The largest absolute Gasteiger partial charge is 0.455 e. The Hall–Kier alpha value is -5.92. The number of hydrogen-bond donors (Lipinski definition) is 0. The van der Waals surface area contributed by atoms with E-state index in [9.17, 15) is 5.48 Å². The van der Waals surface area contributed by atoms with Crippen LogP contribution in [0.1, 0.15) is 11.0 Å². The van der Waals surface area contributed by atoms with Crippen LogP contribution >= 0.6 is 0 Å². The van der Waals surface area contributed by atoms with Gasteiger partial charge in [0.25, 0.3) is 0 Å². The fourth-order valence-electron chi connectivity index (χ4n) is 7.10. The van der Waals surface area contributed by atoms with Gasteiger partial charge in [0, 0.05) is 16.2 Å². The molecule has 1 nitrogen and oxygen atoms in total. The van der Waals surface area contributed by atoms with E-state index in [0.717, 1.165) is 43.1 Å². The van der Waals surface area contributed by atoms with Gasteiger partial charge in [-0.2, -0.15) is 0 Å². The summed E-state index contributed by atoms with van der Waals surface area (Å²) in [7, 11) is 0. The van der Waals surface area contributed by atoms with Gasteiger partial charge in [0.2, 0.25) is 0 Å². The van der Waals surface area contributed by atoms with E-state index in [2.05, 4.69) is 0 Å². The Balaban J connectivity index is 1.46. The van der Waals surface area contributed by atoms with Gasteiger partial charge in [-0.25, -0.2) is 0 Å². The van der Waals surface area contributed by atoms with E-state index >= 15 is 0 Å². The fraction of sp³-hybridized carbons (Fsp3) is 0. The van der Waals surface area contributed by atoms with Crippen LogP contribution in [0.5, 0.6) is 0 Å². The van der Waals surface area contributed by atoms with Gasteiger partial charge in [0.1, 0.15) is 11.2 Å². The van der Waals surface area contributed by atoms with Crippen molar-refractivity contribution in [3.05, 3.63) is 158 Å². The van der Waals surface area contributed by atoms with Crippen LogP contribution in [0.25, 0.3) is 98.1 Å². The molecule has 1 heterocycles. The summed E-state index contributed by atoms with van der Waals surface area (Å²) in [6.45, 7) is 0. The molecule has 0 bridgehead atoms. The maximum atomic E-state index is 9.43. The summed E-state index contributed by atoms with van der Waals surface area (Å²) >= 11 is 0. The van der Waals surface area contributed by atoms with Crippen LogP contribution in [-0.2, 0) is 0 Å². The molecule has 0 saturated carbocycles. The first kappa shape index (κ1) is 18.0. The van der Waals surface area contributed by atoms with Crippen molar-refractivity contribution >= 4 is 75.8 Å². The van der Waals surface area contributed by atoms with Gasteiger partial charge in [-0.15, -0.1) is 0 Å². The average molecular weight is 579 g/mol. The zero-order chi connectivity index (χ0) is 36.4. The Morgan fingerprint density at radius 1 is 0.400 bits per heavy atom. The lowest BCUT2D eigenvalue weighted by molar-refractivity contribution is 0.672. The third kappa shape index (κ3) is 3.50. The summed E-state index contributed by atoms with van der Waals surface area (Å²) in [6.07, 6.45) is 0. The molecule has 9 aromatic carbocycles. The van der Waals surface area contributed by atoms with Gasteiger partial charge >= 0.3 is 0 Å². The SMILES string of the molecule is [2H]c1c([2H])c([2H])c2c(-c3cc4ccccc4c4ccccc34)c3c([2H])c([2H])c([2H])c([2H])c3c(-c3ccc4oc5c6ccccc6ccc5c4c3)c2c1[2H]. The van der Waals surface area contributed by atoms with Crippen molar-refractivity contribution in [2.24, 2.45) is 0 Å². The molecule has 208 valence electrons. The standard InChI is InChI=1S/C44H26O/c1-4-14-31-27(11-1)21-23-38-39-26-29(22-24-41(39)45-44(31)38)42-34-17-7-9-19-36(34)43(37-20-10-8-18-35(37)42)40-25-28-12-2-3-13-30(28)32-15-5-6-16-33(32)40/h1-26H/i7D,8D,9D,10D,17D,18D,19D,20D. The third-order valence-electron chi connectivity index (χ3n) is 9.06. The normalized spacial score (nSPS) is 14.5. The fourth-order valence-corrected chi connectivity index (χ4v) is 7.10. The van der Waals surface area contributed by atoms with Crippen molar-refractivity contribution in [2.75, 3.05) is 0 Å². The Labute approximate surface area is 270 Å². The molecule has 0 radical (unpaired) electrons. The molecule has 0 fully saturated rings. The second kappa shape index (κ2) is 9.29. The van der Waals surface area contributed by atoms with Gasteiger partial charge in [-0.1, -0.05) is 133 Å². The molecule has 0 aliphatic carbocycles. The average Bonchev–Trinajstić information content (AvgIpc) is 3.57. The number of fused-ring (bicyclic) bond motifs is 10. The first-order valence-electron chi connectivity index (χ1n) is 18.9. The van der Waals surface area contributed by atoms with E-state index in [4.69, 9.17) is 9.90 Å². The molecule has 0 amide bonds. The smallest absolute Gasteiger partial charge is 0.143 e. The van der Waals surface area contributed by atoms with Crippen molar-refractivity contribution in [1.29, 1.82) is 0 Å². The molecule has 0 saturated heterocycles. The molecular formula is C44H26O. The number of benzene rings is 9. The minimum Gasteiger partial charge on any atom is -0.455 e. The quantitative estimate of drug-likeness (QED) is 0.147. The Morgan fingerprint density at radius 2 is 1.00 bits per heavy atom. The molecule has 0 unspecified atom stereocenters. The molecular weight excluding hydrogens is 544 g/mol. The number of furan rings is 1. The maximum absolute atomic E-state index is 9.43. The topological polar surface area (TPSA) is 13.1 Å². The second-order valence-electron chi connectivity index (χ2n) is 11.4. The lowest BCUT2D eigenvalue weighted by atomic mass is 9.83. The van der Waals surface area contributed by atoms with Crippen LogP contribution in [0.15, 0.2) is 162 Å². The van der Waals surface area contributed by atoms with Gasteiger partial charge in [0.05, 0.1) is 11.0 Å². The Morgan fingerprint density at radius 3 is 1.73 bits per heavy atom. The minimum atomic E-state index is -0.431. The summed E-state index contributed by atoms with van der Waals surface area (Å²) in [5, 5.41) is 7.93. The first-order chi connectivity index (χ1) is 25.7. The zero-order valence-corrected chi connectivity index (χ0v) is 23.8. The van der Waals surface area contributed by atoms with E-state index in [1.807, 2.05) is 103 Å². The summed E-state index contributed by atoms with van der Waals surface area (Å²) in [6, 6.07) is 32.3. The van der Waals surface area contributed by atoms with Gasteiger partial charge in [-0.3, -0.25) is 0 Å². The first-order valence-corrected chi connectivity index (χ1v) is 14.9. The molecule has 10 rings (SSSR count). The molecule has 10 aromatic rings. The van der Waals surface area contributed by atoms with E-state index in [0.29, 0.717) is 33.4 Å². The lowest BCUT2D eigenvalue weighted by Crippen LogP contribution is -1.92. The van der Waals surface area contributed by atoms with Crippen molar-refractivity contribution in [1.82, 2.24) is 0 Å². The third-order valence-corrected chi connectivity index (χ3v) is 9.06. The van der Waals surface area contributed by atoms with E-state index < -0.39 is 24.2 Å². The van der Waals surface area contributed by atoms with Crippen LogP contribution < -0.4 is 0 Å². The monoisotopic (exact) mass is 578 g/mol. The van der Waals surface area contributed by atoms with Gasteiger partial charge in [-0.05, 0) is 95.0 Å². The van der Waals surface area contributed by atoms with Gasteiger partial charge in [0.15, 0.2) is 0 Å². The molecule has 0 aliphatic heterocycles. The van der Waals surface area contributed by atoms with Gasteiger partial charge < -0.3 is 4.42 Å². The number of hydrogen-bond acceptors (Lipinski definition) is 1. The van der Waals surface area contributed by atoms with E-state index in [1.54, 1.807) is 6.07 Å². The molecule has 0 aliphatic rings. The zero-order valence-electron chi connectivity index (χ0n) is 31.8. The van der Waals surface area contributed by atoms with Crippen LogP contribution in [0.2, 0.25) is 0 Å². The highest BCUT2D eigenvalue weighted by atomic mass is 16.3. The summed E-state index contributed by atoms with van der Waals surface area (Å²) < 4.78 is 79.5. The maximum Gasteiger partial charge on any atom is 0.143 e. The highest BCUT2D eigenvalue weighted by Crippen LogP contribution is 2.47. The summed E-state index contributed by atoms with van der Waals surface area (Å²) in [4.78, 5) is 0. The Kier molecular flexibility index (Phi) is 3.72. The molecule has 0 atom stereocenters. The predicted octanol–water partition coefficient (Wildman–Crippen LogP) is 12.7. The summed E-state index contributed by atoms with van der Waals surface area (Å²) in [5.74, 6) is 0. The highest BCUT2D eigenvalue weighted by molar-refractivity contribution is 6.26. The van der Waals surface area contributed by atoms with Crippen molar-refractivity contribution in [2.45, 2.75) is 0 Å². The molecule has 1 heteroatoms.